The van der Waals surface area contributed by atoms with Gasteiger partial charge in [-0.25, -0.2) is 9.67 Å². The zero-order chi connectivity index (χ0) is 17.6. The highest BCUT2D eigenvalue weighted by molar-refractivity contribution is 5.85. The molecular weight excluding hydrogens is 315 g/mol. The van der Waals surface area contributed by atoms with Crippen LogP contribution in [0.15, 0.2) is 30.3 Å². The molecule has 3 nitrogen and oxygen atoms in total. The number of hydrogen-bond donors (Lipinski definition) is 0. The van der Waals surface area contributed by atoms with E-state index in [2.05, 4.69) is 10.1 Å². The van der Waals surface area contributed by atoms with E-state index >= 15 is 0 Å². The molecule has 0 saturated heterocycles. The second-order valence-corrected chi connectivity index (χ2v) is 6.24. The number of rotatable bonds is 2. The van der Waals surface area contributed by atoms with Gasteiger partial charge in [0.25, 0.3) is 0 Å². The summed E-state index contributed by atoms with van der Waals surface area (Å²) in [5.41, 5.74) is 1.92. The molecule has 0 unspecified atom stereocenters. The van der Waals surface area contributed by atoms with Gasteiger partial charge in [-0.05, 0) is 33.8 Å². The lowest BCUT2D eigenvalue weighted by molar-refractivity contribution is -0.136. The predicted molar refractivity (Wildman–Crippen MR) is 87.8 cm³/mol. The molecule has 6 heteroatoms. The van der Waals surface area contributed by atoms with Crippen molar-refractivity contribution in [2.24, 2.45) is 0 Å². The van der Waals surface area contributed by atoms with Crippen LogP contribution in [0.4, 0.5) is 13.2 Å². The SMILES string of the molecule is Cc1ccc(-c2cc(C(F)(F)F)c3c(C)nn(C(C)C)c3n2)cc1. The molecule has 0 atom stereocenters. The van der Waals surface area contributed by atoms with E-state index in [1.54, 1.807) is 23.7 Å². The Kier molecular flexibility index (Phi) is 3.86. The molecule has 0 aliphatic rings. The van der Waals surface area contributed by atoms with Gasteiger partial charge in [-0.3, -0.25) is 0 Å². The number of nitrogens with zero attached hydrogens (tertiary/aromatic N) is 3. The highest BCUT2D eigenvalue weighted by Gasteiger charge is 2.35. The van der Waals surface area contributed by atoms with Crippen LogP contribution in [0.5, 0.6) is 0 Å². The number of pyridine rings is 1. The van der Waals surface area contributed by atoms with E-state index in [0.29, 0.717) is 17.0 Å². The maximum Gasteiger partial charge on any atom is 0.417 e. The van der Waals surface area contributed by atoms with Gasteiger partial charge in [-0.1, -0.05) is 29.8 Å². The Morgan fingerprint density at radius 1 is 1.04 bits per heavy atom. The summed E-state index contributed by atoms with van der Waals surface area (Å²) in [6, 6.07) is 8.33. The van der Waals surface area contributed by atoms with Gasteiger partial charge >= 0.3 is 6.18 Å². The first-order valence-electron chi connectivity index (χ1n) is 7.72. The molecule has 0 fully saturated rings. The van der Waals surface area contributed by atoms with E-state index < -0.39 is 11.7 Å². The lowest BCUT2D eigenvalue weighted by atomic mass is 10.0. The van der Waals surface area contributed by atoms with Crippen LogP contribution >= 0.6 is 0 Å². The van der Waals surface area contributed by atoms with Crippen LogP contribution < -0.4 is 0 Å². The van der Waals surface area contributed by atoms with Crippen LogP contribution in [-0.4, -0.2) is 14.8 Å². The molecule has 24 heavy (non-hydrogen) atoms. The number of hydrogen-bond acceptors (Lipinski definition) is 2. The lowest BCUT2D eigenvalue weighted by Crippen LogP contribution is -2.09. The molecule has 126 valence electrons. The minimum atomic E-state index is -4.46. The second-order valence-electron chi connectivity index (χ2n) is 6.24. The Bertz CT molecular complexity index is 890. The molecule has 0 aliphatic carbocycles. The molecule has 1 aromatic carbocycles. The van der Waals surface area contributed by atoms with Crippen LogP contribution in [-0.2, 0) is 6.18 Å². The number of benzene rings is 1. The van der Waals surface area contributed by atoms with Crippen LogP contribution in [0.1, 0.15) is 36.7 Å². The molecule has 0 aliphatic heterocycles. The minimum absolute atomic E-state index is 0.0760. The fraction of sp³-hybridized carbons (Fsp3) is 0.333. The van der Waals surface area contributed by atoms with Gasteiger partial charge in [0.05, 0.1) is 22.3 Å². The smallest absolute Gasteiger partial charge is 0.244 e. The summed E-state index contributed by atoms with van der Waals surface area (Å²) in [4.78, 5) is 4.49. The lowest BCUT2D eigenvalue weighted by Gasteiger charge is -2.13. The van der Waals surface area contributed by atoms with Crippen molar-refractivity contribution in [2.45, 2.75) is 39.9 Å². The summed E-state index contributed by atoms with van der Waals surface area (Å²) in [6.45, 7) is 7.27. The minimum Gasteiger partial charge on any atom is -0.244 e. The number of aromatic nitrogens is 3. The molecular formula is C18H18F3N3. The van der Waals surface area contributed by atoms with Crippen LogP contribution in [0.3, 0.4) is 0 Å². The monoisotopic (exact) mass is 333 g/mol. The zero-order valence-corrected chi connectivity index (χ0v) is 13.9. The molecule has 2 heterocycles. The largest absolute Gasteiger partial charge is 0.417 e. The average molecular weight is 333 g/mol. The van der Waals surface area contributed by atoms with Gasteiger partial charge < -0.3 is 0 Å². The summed E-state index contributed by atoms with van der Waals surface area (Å²) in [5.74, 6) is 0. The third-order valence-electron chi connectivity index (χ3n) is 3.98. The molecule has 0 amide bonds. The Balaban J connectivity index is 2.36. The van der Waals surface area contributed by atoms with Crippen molar-refractivity contribution in [1.82, 2.24) is 14.8 Å². The highest BCUT2D eigenvalue weighted by Crippen LogP contribution is 2.38. The molecule has 0 bridgehead atoms. The van der Waals surface area contributed by atoms with Gasteiger partial charge in [0.15, 0.2) is 5.65 Å². The van der Waals surface area contributed by atoms with Crippen LogP contribution in [0, 0.1) is 13.8 Å². The molecule has 0 N–H and O–H groups in total. The maximum absolute atomic E-state index is 13.6. The Hall–Kier alpha value is -2.37. The Morgan fingerprint density at radius 3 is 2.21 bits per heavy atom. The molecule has 0 spiro atoms. The van der Waals surface area contributed by atoms with Crippen LogP contribution in [0.25, 0.3) is 22.3 Å². The van der Waals surface area contributed by atoms with Gasteiger partial charge in [0.2, 0.25) is 0 Å². The van der Waals surface area contributed by atoms with Crippen molar-refractivity contribution in [3.05, 3.63) is 47.2 Å². The zero-order valence-electron chi connectivity index (χ0n) is 13.9. The van der Waals surface area contributed by atoms with E-state index in [1.165, 1.54) is 0 Å². The van der Waals surface area contributed by atoms with Gasteiger partial charge in [-0.15, -0.1) is 0 Å². The Morgan fingerprint density at radius 2 is 1.67 bits per heavy atom. The van der Waals surface area contributed by atoms with Gasteiger partial charge in [-0.2, -0.15) is 18.3 Å². The second kappa shape index (κ2) is 5.61. The Labute approximate surface area is 138 Å². The van der Waals surface area contributed by atoms with Crippen molar-refractivity contribution in [3.8, 4) is 11.3 Å². The summed E-state index contributed by atoms with van der Waals surface area (Å²) in [7, 11) is 0. The first-order chi connectivity index (χ1) is 11.2. The molecule has 3 aromatic rings. The summed E-state index contributed by atoms with van der Waals surface area (Å²) >= 11 is 0. The first-order valence-corrected chi connectivity index (χ1v) is 7.72. The van der Waals surface area contributed by atoms with E-state index in [9.17, 15) is 13.2 Å². The predicted octanol–water partition coefficient (Wildman–Crippen LogP) is 5.31. The number of halogens is 3. The van der Waals surface area contributed by atoms with Crippen molar-refractivity contribution < 1.29 is 13.2 Å². The number of alkyl halides is 3. The molecule has 2 aromatic heterocycles. The normalized spacial score (nSPS) is 12.3. The molecule has 0 radical (unpaired) electrons. The summed E-state index contributed by atoms with van der Waals surface area (Å²) in [6.07, 6.45) is -4.46. The maximum atomic E-state index is 13.6. The van der Waals surface area contributed by atoms with Gasteiger partial charge in [0.1, 0.15) is 0 Å². The van der Waals surface area contributed by atoms with E-state index in [1.807, 2.05) is 32.9 Å². The quantitative estimate of drug-likeness (QED) is 0.636. The van der Waals surface area contributed by atoms with Crippen molar-refractivity contribution in [1.29, 1.82) is 0 Å². The third kappa shape index (κ3) is 2.77. The third-order valence-corrected chi connectivity index (χ3v) is 3.98. The van der Waals surface area contributed by atoms with Crippen LogP contribution in [0.2, 0.25) is 0 Å². The molecule has 3 rings (SSSR count). The fourth-order valence-electron chi connectivity index (χ4n) is 2.77. The number of fused-ring (bicyclic) bond motifs is 1. The van der Waals surface area contributed by atoms with E-state index in [4.69, 9.17) is 0 Å². The molecule has 0 saturated carbocycles. The average Bonchev–Trinajstić information content (AvgIpc) is 2.83. The van der Waals surface area contributed by atoms with E-state index in [-0.39, 0.29) is 17.1 Å². The topological polar surface area (TPSA) is 30.7 Å². The summed E-state index contributed by atoms with van der Waals surface area (Å²) < 4.78 is 42.4. The first kappa shape index (κ1) is 16.5. The standard InChI is InChI=1S/C18H18F3N3/c1-10(2)24-17-16(12(4)23-24)14(18(19,20)21)9-15(22-17)13-7-5-11(3)6-8-13/h5-10H,1-4H3. The summed E-state index contributed by atoms with van der Waals surface area (Å²) in [5, 5.41) is 4.34. The van der Waals surface area contributed by atoms with Crippen molar-refractivity contribution >= 4 is 11.0 Å². The van der Waals surface area contributed by atoms with Gasteiger partial charge in [0, 0.05) is 11.6 Å². The fourth-order valence-corrected chi connectivity index (χ4v) is 2.77. The van der Waals surface area contributed by atoms with Crippen molar-refractivity contribution in [3.63, 3.8) is 0 Å². The highest BCUT2D eigenvalue weighted by atomic mass is 19.4. The number of aryl methyl sites for hydroxylation is 2. The van der Waals surface area contributed by atoms with Crippen molar-refractivity contribution in [2.75, 3.05) is 0 Å². The van der Waals surface area contributed by atoms with E-state index in [0.717, 1.165) is 11.6 Å².